The number of nitrogens with one attached hydrogen (secondary N) is 2. The number of rotatable bonds is 5. The van der Waals surface area contributed by atoms with Crippen LogP contribution < -0.4 is 10.6 Å². The van der Waals surface area contributed by atoms with Crippen molar-refractivity contribution in [3.05, 3.63) is 0 Å². The number of hydrogen-bond donors (Lipinski definition) is 2. The van der Waals surface area contributed by atoms with Crippen molar-refractivity contribution in [3.8, 4) is 0 Å². The topological polar surface area (TPSA) is 73.9 Å². The number of carbonyl (C=O) groups is 2. The highest BCUT2D eigenvalue weighted by molar-refractivity contribution is 5.89. The van der Waals surface area contributed by atoms with Crippen LogP contribution in [0.25, 0.3) is 0 Å². The second-order valence-electron chi connectivity index (χ2n) is 9.28. The third-order valence-electron chi connectivity index (χ3n) is 6.15. The molecule has 3 rings (SSSR count). The zero-order chi connectivity index (χ0) is 20.0. The molecule has 0 saturated carbocycles. The van der Waals surface area contributed by atoms with E-state index in [4.69, 9.17) is 4.74 Å². The molecule has 1 unspecified atom stereocenters. The van der Waals surface area contributed by atoms with Gasteiger partial charge in [-0.3, -0.25) is 19.4 Å². The van der Waals surface area contributed by atoms with Crippen molar-refractivity contribution >= 4 is 11.8 Å². The second-order valence-corrected chi connectivity index (χ2v) is 9.28. The van der Waals surface area contributed by atoms with Crippen LogP contribution in [0, 0.1) is 5.92 Å². The summed E-state index contributed by atoms with van der Waals surface area (Å²) < 4.78 is 5.53. The van der Waals surface area contributed by atoms with Gasteiger partial charge in [0.05, 0.1) is 12.1 Å². The van der Waals surface area contributed by atoms with Gasteiger partial charge in [-0.05, 0) is 44.7 Å². The Morgan fingerprint density at radius 1 is 1.18 bits per heavy atom. The first-order valence-electron chi connectivity index (χ1n) is 11.1. The molecule has 0 aromatic rings. The molecular weight excluding hydrogens is 356 g/mol. The van der Waals surface area contributed by atoms with E-state index in [1.54, 1.807) is 0 Å². The highest BCUT2D eigenvalue weighted by atomic mass is 16.5. The Labute approximate surface area is 169 Å². The van der Waals surface area contributed by atoms with Crippen LogP contribution in [-0.2, 0) is 14.3 Å². The lowest BCUT2D eigenvalue weighted by atomic mass is 9.89. The lowest BCUT2D eigenvalue weighted by Gasteiger charge is -2.39. The summed E-state index contributed by atoms with van der Waals surface area (Å²) >= 11 is 0. The summed E-state index contributed by atoms with van der Waals surface area (Å²) in [6.45, 7) is 10.5. The molecule has 160 valence electrons. The van der Waals surface area contributed by atoms with E-state index in [1.807, 2.05) is 0 Å². The van der Waals surface area contributed by atoms with Crippen LogP contribution in [0.1, 0.15) is 52.4 Å². The molecule has 1 spiro atoms. The molecule has 0 radical (unpaired) electrons. The van der Waals surface area contributed by atoms with E-state index in [-0.39, 0.29) is 17.4 Å². The third-order valence-corrected chi connectivity index (χ3v) is 6.15. The second kappa shape index (κ2) is 10.0. The Hall–Kier alpha value is -1.18. The minimum atomic E-state index is -0.486. The maximum Gasteiger partial charge on any atom is 0.244 e. The molecule has 3 fully saturated rings. The van der Waals surface area contributed by atoms with Gasteiger partial charge in [-0.15, -0.1) is 0 Å². The largest absolute Gasteiger partial charge is 0.381 e. The lowest BCUT2D eigenvalue weighted by molar-refractivity contribution is -0.130. The molecule has 2 amide bonds. The Morgan fingerprint density at radius 2 is 1.86 bits per heavy atom. The Morgan fingerprint density at radius 3 is 2.50 bits per heavy atom. The van der Waals surface area contributed by atoms with E-state index >= 15 is 0 Å². The first-order chi connectivity index (χ1) is 13.5. The summed E-state index contributed by atoms with van der Waals surface area (Å²) in [5.41, 5.74) is -0.228. The van der Waals surface area contributed by atoms with E-state index in [9.17, 15) is 9.59 Å². The summed E-state index contributed by atoms with van der Waals surface area (Å²) in [5, 5.41) is 6.31. The minimum absolute atomic E-state index is 0.0329. The predicted octanol–water partition coefficient (Wildman–Crippen LogP) is 0.984. The van der Waals surface area contributed by atoms with Crippen molar-refractivity contribution < 1.29 is 14.3 Å². The molecular formula is C21H38N4O3. The smallest absolute Gasteiger partial charge is 0.244 e. The molecule has 0 aromatic carbocycles. The monoisotopic (exact) mass is 394 g/mol. The normalized spacial score (nSPS) is 27.2. The Balaban J connectivity index is 1.63. The summed E-state index contributed by atoms with van der Waals surface area (Å²) in [5.74, 6) is 0.436. The molecule has 2 N–H and O–H groups in total. The van der Waals surface area contributed by atoms with Crippen molar-refractivity contribution in [2.24, 2.45) is 5.92 Å². The van der Waals surface area contributed by atoms with Crippen molar-refractivity contribution in [3.63, 3.8) is 0 Å². The first kappa shape index (κ1) is 21.5. The number of hydrogen-bond acceptors (Lipinski definition) is 5. The Bertz CT molecular complexity index is 526. The molecule has 0 bridgehead atoms. The van der Waals surface area contributed by atoms with Gasteiger partial charge in [0, 0.05) is 32.8 Å². The van der Waals surface area contributed by atoms with Crippen molar-refractivity contribution in [2.45, 2.75) is 64.0 Å². The van der Waals surface area contributed by atoms with Gasteiger partial charge in [-0.1, -0.05) is 26.7 Å². The van der Waals surface area contributed by atoms with Crippen LogP contribution in [0.2, 0.25) is 0 Å². The zero-order valence-corrected chi connectivity index (χ0v) is 17.7. The van der Waals surface area contributed by atoms with E-state index in [2.05, 4.69) is 34.3 Å². The molecule has 7 nitrogen and oxygen atoms in total. The molecule has 3 heterocycles. The van der Waals surface area contributed by atoms with Gasteiger partial charge in [-0.25, -0.2) is 0 Å². The summed E-state index contributed by atoms with van der Waals surface area (Å²) in [6, 6.07) is -0.486. The molecule has 0 aliphatic carbocycles. The van der Waals surface area contributed by atoms with Gasteiger partial charge in [-0.2, -0.15) is 0 Å². The van der Waals surface area contributed by atoms with Gasteiger partial charge in [0.25, 0.3) is 0 Å². The van der Waals surface area contributed by atoms with Crippen LogP contribution in [-0.4, -0.2) is 85.7 Å². The maximum atomic E-state index is 13.0. The average molecular weight is 395 g/mol. The summed E-state index contributed by atoms with van der Waals surface area (Å²) in [4.78, 5) is 30.2. The quantitative estimate of drug-likeness (QED) is 0.727. The number of likely N-dealkylation sites (tertiary alicyclic amines) is 1. The molecule has 7 heteroatoms. The van der Waals surface area contributed by atoms with Gasteiger partial charge in [0.15, 0.2) is 0 Å². The number of nitrogens with zero attached hydrogens (tertiary/aromatic N) is 2. The standard InChI is InChI=1S/C21H38N4O3/c1-17(2)13-25-14-18(20(27)23-21(16-25)7-11-28-12-8-21)22-19(26)15-24-9-5-3-4-6-10-24/h17-18H,3-16H2,1-2H3,(H,22,26)(H,23,27). The van der Waals surface area contributed by atoms with Crippen molar-refractivity contribution in [1.29, 1.82) is 0 Å². The predicted molar refractivity (Wildman–Crippen MR) is 109 cm³/mol. The van der Waals surface area contributed by atoms with Crippen LogP contribution in [0.4, 0.5) is 0 Å². The van der Waals surface area contributed by atoms with Crippen LogP contribution >= 0.6 is 0 Å². The van der Waals surface area contributed by atoms with E-state index in [0.717, 1.165) is 51.9 Å². The van der Waals surface area contributed by atoms with Gasteiger partial charge in [0.1, 0.15) is 6.04 Å². The van der Waals surface area contributed by atoms with E-state index in [0.29, 0.717) is 32.2 Å². The lowest BCUT2D eigenvalue weighted by Crippen LogP contribution is -2.58. The molecule has 3 aliphatic rings. The average Bonchev–Trinajstić information content (AvgIpc) is 2.94. The highest BCUT2D eigenvalue weighted by Crippen LogP contribution is 2.25. The van der Waals surface area contributed by atoms with Crippen LogP contribution in [0.15, 0.2) is 0 Å². The molecule has 3 saturated heterocycles. The highest BCUT2D eigenvalue weighted by Gasteiger charge is 2.41. The molecule has 28 heavy (non-hydrogen) atoms. The SMILES string of the molecule is CC(C)CN1CC(NC(=O)CN2CCCCCC2)C(=O)NC2(CCOCC2)C1. The molecule has 3 aliphatic heterocycles. The van der Waals surface area contributed by atoms with E-state index < -0.39 is 6.04 Å². The van der Waals surface area contributed by atoms with Crippen LogP contribution in [0.3, 0.4) is 0 Å². The van der Waals surface area contributed by atoms with Gasteiger partial charge < -0.3 is 15.4 Å². The fraction of sp³-hybridized carbons (Fsp3) is 0.905. The zero-order valence-electron chi connectivity index (χ0n) is 17.7. The summed E-state index contributed by atoms with van der Waals surface area (Å²) in [7, 11) is 0. The Kier molecular flexibility index (Phi) is 7.71. The number of carbonyl (C=O) groups excluding carboxylic acids is 2. The fourth-order valence-corrected chi connectivity index (χ4v) is 4.77. The van der Waals surface area contributed by atoms with Crippen molar-refractivity contribution in [1.82, 2.24) is 20.4 Å². The third kappa shape index (κ3) is 6.16. The number of amides is 2. The van der Waals surface area contributed by atoms with Crippen molar-refractivity contribution in [2.75, 3.05) is 52.5 Å². The van der Waals surface area contributed by atoms with Crippen LogP contribution in [0.5, 0.6) is 0 Å². The maximum absolute atomic E-state index is 13.0. The fourth-order valence-electron chi connectivity index (χ4n) is 4.77. The molecule has 0 aromatic heterocycles. The summed E-state index contributed by atoms with van der Waals surface area (Å²) in [6.07, 6.45) is 6.48. The minimum Gasteiger partial charge on any atom is -0.381 e. The van der Waals surface area contributed by atoms with Gasteiger partial charge in [0.2, 0.25) is 11.8 Å². The van der Waals surface area contributed by atoms with Gasteiger partial charge >= 0.3 is 0 Å². The van der Waals surface area contributed by atoms with E-state index in [1.165, 1.54) is 12.8 Å². The number of ether oxygens (including phenoxy) is 1. The molecule has 1 atom stereocenters. The first-order valence-corrected chi connectivity index (χ1v) is 11.1.